The average Bonchev–Trinajstić information content (AvgIpc) is 2.72. The molecule has 0 radical (unpaired) electrons. The number of amides is 1. The van der Waals surface area contributed by atoms with Gasteiger partial charge in [-0.25, -0.2) is 9.37 Å². The fraction of sp³-hybridized carbons (Fsp3) is 0.136. The number of carbonyl (C=O) groups excluding carboxylic acids is 1. The highest BCUT2D eigenvalue weighted by Gasteiger charge is 2.16. The molecule has 0 bridgehead atoms. The van der Waals surface area contributed by atoms with Crippen molar-refractivity contribution in [3.63, 3.8) is 0 Å². The lowest BCUT2D eigenvalue weighted by Gasteiger charge is -2.23. The summed E-state index contributed by atoms with van der Waals surface area (Å²) >= 11 is 0. The van der Waals surface area contributed by atoms with Gasteiger partial charge in [-0.15, -0.1) is 0 Å². The average molecular weight is 377 g/mol. The first-order valence-electron chi connectivity index (χ1n) is 8.68. The van der Waals surface area contributed by atoms with Gasteiger partial charge in [-0.2, -0.15) is 0 Å². The third-order valence-electron chi connectivity index (χ3n) is 4.28. The smallest absolute Gasteiger partial charge is 0.224 e. The van der Waals surface area contributed by atoms with Gasteiger partial charge in [0.1, 0.15) is 11.5 Å². The molecule has 0 spiro atoms. The minimum atomic E-state index is -0.482. The van der Waals surface area contributed by atoms with E-state index in [0.717, 1.165) is 5.56 Å². The molecule has 0 aliphatic heterocycles. The predicted molar refractivity (Wildman–Crippen MR) is 107 cm³/mol. The molecule has 28 heavy (non-hydrogen) atoms. The van der Waals surface area contributed by atoms with E-state index in [1.54, 1.807) is 29.3 Å². The number of hydrogen-bond donors (Lipinski definition) is 0. The summed E-state index contributed by atoms with van der Waals surface area (Å²) in [6.45, 7) is 5.46. The van der Waals surface area contributed by atoms with E-state index in [4.69, 9.17) is 4.74 Å². The van der Waals surface area contributed by atoms with Crippen LogP contribution in [0.15, 0.2) is 61.4 Å². The lowest BCUT2D eigenvalue weighted by atomic mass is 10.1. The number of anilines is 1. The molecule has 6 heteroatoms. The highest BCUT2D eigenvalue weighted by Crippen LogP contribution is 2.26. The molecule has 2 aromatic heterocycles. The Morgan fingerprint density at radius 3 is 2.61 bits per heavy atom. The second-order valence-corrected chi connectivity index (χ2v) is 6.13. The predicted octanol–water partition coefficient (Wildman–Crippen LogP) is 4.49. The minimum absolute atomic E-state index is 0.155. The number of aromatic nitrogens is 2. The Kier molecular flexibility index (Phi) is 5.79. The molecule has 3 rings (SSSR count). The zero-order chi connectivity index (χ0) is 20.1. The van der Waals surface area contributed by atoms with Gasteiger partial charge in [-0.1, -0.05) is 30.9 Å². The Bertz CT molecular complexity index is 1000. The summed E-state index contributed by atoms with van der Waals surface area (Å²) in [5, 5.41) is 0. The molecule has 1 amide bonds. The maximum atomic E-state index is 14.7. The maximum Gasteiger partial charge on any atom is 0.224 e. The first-order chi connectivity index (χ1) is 13.5. The first kappa shape index (κ1) is 19.2. The largest absolute Gasteiger partial charge is 0.481 e. The summed E-state index contributed by atoms with van der Waals surface area (Å²) in [6.07, 6.45) is 4.76. The van der Waals surface area contributed by atoms with Crippen molar-refractivity contribution >= 4 is 17.7 Å². The lowest BCUT2D eigenvalue weighted by Crippen LogP contribution is -2.28. The van der Waals surface area contributed by atoms with Crippen molar-refractivity contribution < 1.29 is 13.9 Å². The zero-order valence-corrected chi connectivity index (χ0v) is 15.7. The van der Waals surface area contributed by atoms with Gasteiger partial charge >= 0.3 is 0 Å². The number of ether oxygens (including phenoxy) is 1. The molecule has 142 valence electrons. The normalized spacial score (nSPS) is 10.4. The van der Waals surface area contributed by atoms with Crippen LogP contribution in [0.4, 0.5) is 10.1 Å². The summed E-state index contributed by atoms with van der Waals surface area (Å²) in [5.41, 5.74) is 2.86. The molecule has 0 fully saturated rings. The van der Waals surface area contributed by atoms with E-state index in [9.17, 15) is 9.18 Å². The minimum Gasteiger partial charge on any atom is -0.481 e. The van der Waals surface area contributed by atoms with Crippen LogP contribution < -0.4 is 9.64 Å². The van der Waals surface area contributed by atoms with Crippen LogP contribution >= 0.6 is 0 Å². The van der Waals surface area contributed by atoms with Gasteiger partial charge < -0.3 is 9.64 Å². The quantitative estimate of drug-likeness (QED) is 0.635. The van der Waals surface area contributed by atoms with Crippen molar-refractivity contribution in [2.75, 3.05) is 12.0 Å². The summed E-state index contributed by atoms with van der Waals surface area (Å²) in [5.74, 6) is -0.193. The van der Waals surface area contributed by atoms with Crippen LogP contribution in [-0.4, -0.2) is 23.0 Å². The molecule has 0 atom stereocenters. The molecular weight excluding hydrogens is 357 g/mol. The van der Waals surface area contributed by atoms with E-state index in [-0.39, 0.29) is 18.1 Å². The molecular formula is C22H20FN3O2. The maximum absolute atomic E-state index is 14.7. The van der Waals surface area contributed by atoms with Crippen molar-refractivity contribution in [1.82, 2.24) is 9.97 Å². The third kappa shape index (κ3) is 4.06. The monoisotopic (exact) mass is 377 g/mol. The van der Waals surface area contributed by atoms with Crippen LogP contribution in [0.2, 0.25) is 0 Å². The number of nitrogens with zero attached hydrogens (tertiary/aromatic N) is 3. The topological polar surface area (TPSA) is 55.3 Å². The van der Waals surface area contributed by atoms with Gasteiger partial charge in [0.15, 0.2) is 0 Å². The molecule has 0 saturated heterocycles. The van der Waals surface area contributed by atoms with Gasteiger partial charge in [0, 0.05) is 30.9 Å². The van der Waals surface area contributed by atoms with Crippen molar-refractivity contribution in [3.05, 3.63) is 78.4 Å². The first-order valence-corrected chi connectivity index (χ1v) is 8.68. The van der Waals surface area contributed by atoms with Crippen molar-refractivity contribution in [2.45, 2.75) is 13.5 Å². The zero-order valence-electron chi connectivity index (χ0n) is 15.7. The van der Waals surface area contributed by atoms with Gasteiger partial charge in [-0.3, -0.25) is 9.78 Å². The highest BCUT2D eigenvalue weighted by molar-refractivity contribution is 5.93. The Balaban J connectivity index is 1.89. The summed E-state index contributed by atoms with van der Waals surface area (Å²) in [6, 6.07) is 12.2. The van der Waals surface area contributed by atoms with Crippen LogP contribution in [0, 0.1) is 5.82 Å². The van der Waals surface area contributed by atoms with Crippen LogP contribution in [0.25, 0.3) is 17.3 Å². The molecule has 0 unspecified atom stereocenters. The standard InChI is InChI=1S/C22H20FN3O2/c1-4-17-7-5-6-8-20(17)26(15(2)27)14-16-11-19(23)22(25-12-16)18-9-10-21(28-3)24-13-18/h4-13H,1,14H2,2-3H3. The van der Waals surface area contributed by atoms with Crippen LogP contribution in [-0.2, 0) is 11.3 Å². The van der Waals surface area contributed by atoms with E-state index < -0.39 is 5.82 Å². The summed E-state index contributed by atoms with van der Waals surface area (Å²) in [7, 11) is 1.51. The van der Waals surface area contributed by atoms with E-state index >= 15 is 0 Å². The van der Waals surface area contributed by atoms with Crippen molar-refractivity contribution in [3.8, 4) is 17.1 Å². The second-order valence-electron chi connectivity index (χ2n) is 6.13. The number of pyridine rings is 2. The van der Waals surface area contributed by atoms with Gasteiger partial charge in [0.25, 0.3) is 0 Å². The van der Waals surface area contributed by atoms with Gasteiger partial charge in [0.2, 0.25) is 11.8 Å². The molecule has 0 N–H and O–H groups in total. The number of benzene rings is 1. The molecule has 0 aliphatic carbocycles. The van der Waals surface area contributed by atoms with Gasteiger partial charge in [0.05, 0.1) is 19.3 Å². The van der Waals surface area contributed by atoms with E-state index in [1.165, 1.54) is 26.3 Å². The fourth-order valence-corrected chi connectivity index (χ4v) is 2.87. The number of halogens is 1. The molecule has 3 aromatic rings. The number of hydrogen-bond acceptors (Lipinski definition) is 4. The SMILES string of the molecule is C=Cc1ccccc1N(Cc1cnc(-c2ccc(OC)nc2)c(F)c1)C(C)=O. The Morgan fingerprint density at radius 1 is 1.21 bits per heavy atom. The van der Waals surface area contributed by atoms with E-state index in [2.05, 4.69) is 16.5 Å². The van der Waals surface area contributed by atoms with Crippen LogP contribution in [0.3, 0.4) is 0 Å². The van der Waals surface area contributed by atoms with E-state index in [1.807, 2.05) is 24.3 Å². The fourth-order valence-electron chi connectivity index (χ4n) is 2.87. The number of para-hydroxylation sites is 1. The highest BCUT2D eigenvalue weighted by atomic mass is 19.1. The van der Waals surface area contributed by atoms with E-state index in [0.29, 0.717) is 22.7 Å². The van der Waals surface area contributed by atoms with Crippen molar-refractivity contribution in [2.24, 2.45) is 0 Å². The summed E-state index contributed by atoms with van der Waals surface area (Å²) < 4.78 is 19.7. The third-order valence-corrected chi connectivity index (χ3v) is 4.28. The lowest BCUT2D eigenvalue weighted by molar-refractivity contribution is -0.116. The molecule has 0 saturated carbocycles. The van der Waals surface area contributed by atoms with Gasteiger partial charge in [-0.05, 0) is 29.3 Å². The van der Waals surface area contributed by atoms with Crippen molar-refractivity contribution in [1.29, 1.82) is 0 Å². The Hall–Kier alpha value is -3.54. The molecule has 5 nitrogen and oxygen atoms in total. The summed E-state index contributed by atoms with van der Waals surface area (Å²) in [4.78, 5) is 22.1. The van der Waals surface area contributed by atoms with Crippen LogP contribution in [0.5, 0.6) is 5.88 Å². The number of rotatable bonds is 6. The second kappa shape index (κ2) is 8.43. The molecule has 0 aliphatic rings. The number of carbonyl (C=O) groups is 1. The number of methoxy groups -OCH3 is 1. The van der Waals surface area contributed by atoms with Crippen LogP contribution in [0.1, 0.15) is 18.1 Å². The Morgan fingerprint density at radius 2 is 2.00 bits per heavy atom. The Labute approximate surface area is 163 Å². The molecule has 2 heterocycles. The molecule has 1 aromatic carbocycles.